The van der Waals surface area contributed by atoms with E-state index in [2.05, 4.69) is 19.9 Å². The average molecular weight is 113 g/mol. The van der Waals surface area contributed by atoms with Crippen LogP contribution in [-0.4, -0.2) is 6.54 Å². The first-order valence-electron chi connectivity index (χ1n) is 3.18. The second kappa shape index (κ2) is 4.85. The summed E-state index contributed by atoms with van der Waals surface area (Å²) in [7, 11) is 0. The molecule has 2 N–H and O–H groups in total. The molecule has 0 aromatic heterocycles. The Balaban J connectivity index is 3.21. The van der Waals surface area contributed by atoms with Crippen LogP contribution in [0, 0.1) is 5.92 Å². The van der Waals surface area contributed by atoms with Crippen LogP contribution >= 0.6 is 0 Å². The molecule has 0 heterocycles. The van der Waals surface area contributed by atoms with Gasteiger partial charge in [-0.1, -0.05) is 32.4 Å². The van der Waals surface area contributed by atoms with Crippen molar-refractivity contribution < 1.29 is 0 Å². The van der Waals surface area contributed by atoms with Crippen molar-refractivity contribution in [2.24, 2.45) is 11.7 Å². The Morgan fingerprint density at radius 3 is 2.62 bits per heavy atom. The summed E-state index contributed by atoms with van der Waals surface area (Å²) in [4.78, 5) is 0. The molecule has 0 amide bonds. The van der Waals surface area contributed by atoms with E-state index < -0.39 is 0 Å². The molecule has 1 nitrogen and oxygen atoms in total. The number of nitrogens with two attached hydrogens (primary N) is 1. The van der Waals surface area contributed by atoms with E-state index in [0.717, 1.165) is 0 Å². The summed E-state index contributed by atoms with van der Waals surface area (Å²) in [5.41, 5.74) is 5.24. The Hall–Kier alpha value is -0.300. The summed E-state index contributed by atoms with van der Waals surface area (Å²) in [6.07, 6.45) is 5.37. The molecule has 0 aliphatic heterocycles. The van der Waals surface area contributed by atoms with Gasteiger partial charge in [-0.05, 0) is 5.92 Å². The minimum Gasteiger partial charge on any atom is -0.327 e. The fourth-order valence-corrected chi connectivity index (χ4v) is 0.447. The molecule has 0 rings (SSSR count). The average Bonchev–Trinajstić information content (AvgIpc) is 1.83. The standard InChI is InChI=1S/C7H15N/c1-3-7(2)5-4-6-8/h4-5,7H,3,6,8H2,1-2H3/b5-4+. The van der Waals surface area contributed by atoms with E-state index in [4.69, 9.17) is 5.73 Å². The van der Waals surface area contributed by atoms with Crippen molar-refractivity contribution in [3.05, 3.63) is 12.2 Å². The molecule has 0 aliphatic rings. The minimum absolute atomic E-state index is 0.671. The molecule has 0 fully saturated rings. The first-order valence-corrected chi connectivity index (χ1v) is 3.18. The van der Waals surface area contributed by atoms with E-state index in [9.17, 15) is 0 Å². The Bertz CT molecular complexity index is 66.8. The molecule has 0 aromatic rings. The highest BCUT2D eigenvalue weighted by atomic mass is 14.5. The molecule has 0 aromatic carbocycles. The summed E-state index contributed by atoms with van der Waals surface area (Å²) in [5.74, 6) is 0.693. The predicted molar refractivity (Wildman–Crippen MR) is 37.6 cm³/mol. The van der Waals surface area contributed by atoms with Crippen molar-refractivity contribution in [2.45, 2.75) is 20.3 Å². The highest BCUT2D eigenvalue weighted by Gasteiger charge is 1.87. The molecule has 0 saturated carbocycles. The zero-order valence-electron chi connectivity index (χ0n) is 5.72. The van der Waals surface area contributed by atoms with Crippen LogP contribution in [0.4, 0.5) is 0 Å². The summed E-state index contributed by atoms with van der Waals surface area (Å²) in [6, 6.07) is 0. The van der Waals surface area contributed by atoms with Gasteiger partial charge in [0.15, 0.2) is 0 Å². The van der Waals surface area contributed by atoms with Gasteiger partial charge in [0.05, 0.1) is 0 Å². The van der Waals surface area contributed by atoms with Gasteiger partial charge in [-0.2, -0.15) is 0 Å². The van der Waals surface area contributed by atoms with Crippen LogP contribution in [0.15, 0.2) is 12.2 Å². The maximum atomic E-state index is 5.24. The van der Waals surface area contributed by atoms with Crippen LogP contribution < -0.4 is 5.73 Å². The number of hydrogen-bond acceptors (Lipinski definition) is 1. The summed E-state index contributed by atoms with van der Waals surface area (Å²) in [6.45, 7) is 5.03. The van der Waals surface area contributed by atoms with Gasteiger partial charge in [-0.15, -0.1) is 0 Å². The maximum Gasteiger partial charge on any atom is 0.0106 e. The Kier molecular flexibility index (Phi) is 4.67. The van der Waals surface area contributed by atoms with Crippen molar-refractivity contribution in [1.29, 1.82) is 0 Å². The summed E-state index contributed by atoms with van der Waals surface area (Å²) in [5, 5.41) is 0. The minimum atomic E-state index is 0.671. The van der Waals surface area contributed by atoms with Gasteiger partial charge < -0.3 is 5.73 Å². The first-order chi connectivity index (χ1) is 3.81. The van der Waals surface area contributed by atoms with Gasteiger partial charge in [0.1, 0.15) is 0 Å². The van der Waals surface area contributed by atoms with E-state index >= 15 is 0 Å². The second-order valence-corrected chi connectivity index (χ2v) is 2.05. The lowest BCUT2D eigenvalue weighted by Gasteiger charge is -1.96. The molecular formula is C7H15N. The number of hydrogen-bond donors (Lipinski definition) is 1. The third-order valence-corrected chi connectivity index (χ3v) is 1.24. The number of rotatable bonds is 3. The van der Waals surface area contributed by atoms with E-state index in [1.807, 2.05) is 6.08 Å². The summed E-state index contributed by atoms with van der Waals surface area (Å²) < 4.78 is 0. The van der Waals surface area contributed by atoms with Crippen LogP contribution in [0.5, 0.6) is 0 Å². The van der Waals surface area contributed by atoms with Crippen molar-refractivity contribution in [1.82, 2.24) is 0 Å². The van der Waals surface area contributed by atoms with Crippen LogP contribution in [0.2, 0.25) is 0 Å². The highest BCUT2D eigenvalue weighted by molar-refractivity contribution is 4.86. The molecular weight excluding hydrogens is 98.1 g/mol. The Morgan fingerprint density at radius 1 is 1.62 bits per heavy atom. The smallest absolute Gasteiger partial charge is 0.0106 e. The third kappa shape index (κ3) is 3.88. The van der Waals surface area contributed by atoms with Crippen molar-refractivity contribution in [3.8, 4) is 0 Å². The molecule has 0 radical (unpaired) electrons. The molecule has 1 heteroatoms. The van der Waals surface area contributed by atoms with Crippen LogP contribution in [0.3, 0.4) is 0 Å². The lowest BCUT2D eigenvalue weighted by molar-refractivity contribution is 0.696. The fourth-order valence-electron chi connectivity index (χ4n) is 0.447. The highest BCUT2D eigenvalue weighted by Crippen LogP contribution is 2.00. The molecule has 1 unspecified atom stereocenters. The maximum absolute atomic E-state index is 5.24. The van der Waals surface area contributed by atoms with E-state index in [0.29, 0.717) is 12.5 Å². The van der Waals surface area contributed by atoms with Gasteiger partial charge in [0.25, 0.3) is 0 Å². The largest absolute Gasteiger partial charge is 0.327 e. The SMILES string of the molecule is CCC(C)/C=C/CN. The van der Waals surface area contributed by atoms with E-state index in [1.54, 1.807) is 0 Å². The topological polar surface area (TPSA) is 26.0 Å². The zero-order valence-corrected chi connectivity index (χ0v) is 5.72. The van der Waals surface area contributed by atoms with Crippen LogP contribution in [0.25, 0.3) is 0 Å². The lowest BCUT2D eigenvalue weighted by atomic mass is 10.1. The van der Waals surface area contributed by atoms with Gasteiger partial charge in [-0.3, -0.25) is 0 Å². The van der Waals surface area contributed by atoms with Crippen LogP contribution in [-0.2, 0) is 0 Å². The third-order valence-electron chi connectivity index (χ3n) is 1.24. The molecule has 1 atom stereocenters. The Morgan fingerprint density at radius 2 is 2.25 bits per heavy atom. The summed E-state index contributed by atoms with van der Waals surface area (Å²) >= 11 is 0. The number of allylic oxidation sites excluding steroid dienone is 1. The fraction of sp³-hybridized carbons (Fsp3) is 0.714. The molecule has 48 valence electrons. The van der Waals surface area contributed by atoms with Gasteiger partial charge in [0, 0.05) is 6.54 Å². The lowest BCUT2D eigenvalue weighted by Crippen LogP contribution is -1.94. The van der Waals surface area contributed by atoms with Crippen molar-refractivity contribution in [2.75, 3.05) is 6.54 Å². The van der Waals surface area contributed by atoms with Gasteiger partial charge >= 0.3 is 0 Å². The first kappa shape index (κ1) is 7.70. The van der Waals surface area contributed by atoms with Crippen LogP contribution in [0.1, 0.15) is 20.3 Å². The van der Waals surface area contributed by atoms with E-state index in [-0.39, 0.29) is 0 Å². The quantitative estimate of drug-likeness (QED) is 0.552. The van der Waals surface area contributed by atoms with E-state index in [1.165, 1.54) is 6.42 Å². The molecule has 8 heavy (non-hydrogen) atoms. The molecule has 0 saturated heterocycles. The van der Waals surface area contributed by atoms with Crippen molar-refractivity contribution in [3.63, 3.8) is 0 Å². The predicted octanol–water partition coefficient (Wildman–Crippen LogP) is 1.55. The molecule has 0 bridgehead atoms. The monoisotopic (exact) mass is 113 g/mol. The second-order valence-electron chi connectivity index (χ2n) is 2.05. The normalized spacial score (nSPS) is 14.9. The molecule has 0 aliphatic carbocycles. The van der Waals surface area contributed by atoms with Gasteiger partial charge in [0.2, 0.25) is 0 Å². The van der Waals surface area contributed by atoms with Crippen molar-refractivity contribution >= 4 is 0 Å². The zero-order chi connectivity index (χ0) is 6.41. The molecule has 0 spiro atoms. The van der Waals surface area contributed by atoms with Gasteiger partial charge in [-0.25, -0.2) is 0 Å². The Labute approximate surface area is 51.6 Å².